The lowest BCUT2D eigenvalue weighted by Crippen LogP contribution is -2.54. The summed E-state index contributed by atoms with van der Waals surface area (Å²) in [5, 5.41) is 14.3. The van der Waals surface area contributed by atoms with Crippen LogP contribution in [0, 0.1) is 11.8 Å². The van der Waals surface area contributed by atoms with E-state index in [1.165, 1.54) is 38.6 Å². The van der Waals surface area contributed by atoms with Crippen molar-refractivity contribution in [2.24, 2.45) is 11.8 Å². The third-order valence-corrected chi connectivity index (χ3v) is 5.41. The normalized spacial score (nSPS) is 37.9. The minimum absolute atomic E-state index is 0.315. The van der Waals surface area contributed by atoms with Gasteiger partial charge in [-0.05, 0) is 44.6 Å². The van der Waals surface area contributed by atoms with E-state index in [0.717, 1.165) is 44.4 Å². The average molecular weight is 266 g/mol. The largest absolute Gasteiger partial charge is 0.390 e. The van der Waals surface area contributed by atoms with Gasteiger partial charge in [-0.25, -0.2) is 0 Å². The Morgan fingerprint density at radius 1 is 1.26 bits per heavy atom. The molecule has 0 aromatic rings. The first-order valence-electron chi connectivity index (χ1n) is 8.34. The summed E-state index contributed by atoms with van der Waals surface area (Å²) in [6, 6.07) is 0.826. The van der Waals surface area contributed by atoms with Crippen LogP contribution in [0.3, 0.4) is 0 Å². The van der Waals surface area contributed by atoms with E-state index < -0.39 is 0 Å². The Kier molecular flexibility index (Phi) is 4.16. The van der Waals surface area contributed by atoms with Crippen molar-refractivity contribution < 1.29 is 5.11 Å². The zero-order chi connectivity index (χ0) is 13.3. The van der Waals surface area contributed by atoms with E-state index in [2.05, 4.69) is 17.1 Å². The summed E-state index contributed by atoms with van der Waals surface area (Å²) >= 11 is 0. The Morgan fingerprint density at radius 2 is 2.11 bits per heavy atom. The fourth-order valence-electron chi connectivity index (χ4n) is 3.97. The molecule has 0 spiro atoms. The zero-order valence-electron chi connectivity index (χ0n) is 12.4. The second kappa shape index (κ2) is 5.71. The summed E-state index contributed by atoms with van der Waals surface area (Å²) in [7, 11) is 0. The maximum Gasteiger partial charge on any atom is 0.0700 e. The van der Waals surface area contributed by atoms with Crippen LogP contribution in [0.1, 0.15) is 51.9 Å². The quantitative estimate of drug-likeness (QED) is 0.799. The van der Waals surface area contributed by atoms with Crippen molar-refractivity contribution in [1.29, 1.82) is 0 Å². The molecule has 3 heteroatoms. The summed E-state index contributed by atoms with van der Waals surface area (Å²) < 4.78 is 0. The molecule has 2 saturated carbocycles. The molecule has 110 valence electrons. The molecule has 3 unspecified atom stereocenters. The van der Waals surface area contributed by atoms with Gasteiger partial charge < -0.3 is 15.3 Å². The molecule has 2 aliphatic carbocycles. The van der Waals surface area contributed by atoms with Crippen molar-refractivity contribution in [3.05, 3.63) is 0 Å². The fourth-order valence-corrected chi connectivity index (χ4v) is 3.97. The summed E-state index contributed by atoms with van der Waals surface area (Å²) in [4.78, 5) is 2.60. The molecule has 0 aromatic heterocycles. The van der Waals surface area contributed by atoms with Gasteiger partial charge in [0.25, 0.3) is 0 Å². The summed E-state index contributed by atoms with van der Waals surface area (Å²) in [5.41, 5.74) is -0.315. The highest BCUT2D eigenvalue weighted by molar-refractivity contribution is 4.95. The predicted octanol–water partition coefficient (Wildman–Crippen LogP) is 2.00. The number of piperidine rings is 1. The van der Waals surface area contributed by atoms with Gasteiger partial charge in [-0.15, -0.1) is 0 Å². The minimum Gasteiger partial charge on any atom is -0.390 e. The molecule has 3 fully saturated rings. The van der Waals surface area contributed by atoms with Crippen molar-refractivity contribution in [2.75, 3.05) is 26.2 Å². The highest BCUT2D eigenvalue weighted by atomic mass is 16.3. The molecule has 0 radical (unpaired) electrons. The Hall–Kier alpha value is -0.120. The van der Waals surface area contributed by atoms with Gasteiger partial charge in [-0.2, -0.15) is 0 Å². The maximum atomic E-state index is 10.7. The number of aliphatic hydroxyl groups is 1. The standard InChI is InChI=1S/C16H30N2O/c1-13(10-17-15-5-6-15)11-18-9-8-16(19)7-3-2-4-14(16)12-18/h13-15,17,19H,2-12H2,1H3. The van der Waals surface area contributed by atoms with Crippen LogP contribution < -0.4 is 5.32 Å². The molecular formula is C16H30N2O. The van der Waals surface area contributed by atoms with Crippen molar-refractivity contribution in [3.8, 4) is 0 Å². The molecule has 19 heavy (non-hydrogen) atoms. The summed E-state index contributed by atoms with van der Waals surface area (Å²) in [5.74, 6) is 1.27. The van der Waals surface area contributed by atoms with Gasteiger partial charge in [0, 0.05) is 31.6 Å². The van der Waals surface area contributed by atoms with E-state index in [9.17, 15) is 5.11 Å². The summed E-state index contributed by atoms with van der Waals surface area (Å²) in [6.45, 7) is 6.95. The Balaban J connectivity index is 1.44. The average Bonchev–Trinajstić information content (AvgIpc) is 3.21. The first kappa shape index (κ1) is 13.8. The number of nitrogens with zero attached hydrogens (tertiary/aromatic N) is 1. The van der Waals surface area contributed by atoms with Gasteiger partial charge in [0.1, 0.15) is 0 Å². The van der Waals surface area contributed by atoms with Crippen LogP contribution >= 0.6 is 0 Å². The van der Waals surface area contributed by atoms with Gasteiger partial charge in [0.15, 0.2) is 0 Å². The third-order valence-electron chi connectivity index (χ3n) is 5.41. The van der Waals surface area contributed by atoms with Crippen LogP contribution in [0.25, 0.3) is 0 Å². The van der Waals surface area contributed by atoms with Gasteiger partial charge >= 0.3 is 0 Å². The number of rotatable bonds is 5. The van der Waals surface area contributed by atoms with Crippen molar-refractivity contribution in [3.63, 3.8) is 0 Å². The van der Waals surface area contributed by atoms with Crippen LogP contribution in [-0.4, -0.2) is 47.8 Å². The topological polar surface area (TPSA) is 35.5 Å². The fraction of sp³-hybridized carbons (Fsp3) is 1.00. The van der Waals surface area contributed by atoms with E-state index in [1.54, 1.807) is 0 Å². The van der Waals surface area contributed by atoms with Crippen molar-refractivity contribution in [1.82, 2.24) is 10.2 Å². The number of fused-ring (bicyclic) bond motifs is 1. The molecular weight excluding hydrogens is 236 g/mol. The SMILES string of the molecule is CC(CNC1CC1)CN1CCC2(O)CCCCC2C1. The second-order valence-electron chi connectivity index (χ2n) is 7.34. The molecule has 3 atom stereocenters. The van der Waals surface area contributed by atoms with Crippen molar-refractivity contribution >= 4 is 0 Å². The van der Waals surface area contributed by atoms with Crippen LogP contribution in [0.2, 0.25) is 0 Å². The minimum atomic E-state index is -0.315. The zero-order valence-corrected chi connectivity index (χ0v) is 12.4. The smallest absolute Gasteiger partial charge is 0.0700 e. The highest BCUT2D eigenvalue weighted by Gasteiger charge is 2.42. The van der Waals surface area contributed by atoms with Crippen LogP contribution in [-0.2, 0) is 0 Å². The highest BCUT2D eigenvalue weighted by Crippen LogP contribution is 2.39. The van der Waals surface area contributed by atoms with E-state index in [-0.39, 0.29) is 5.60 Å². The van der Waals surface area contributed by atoms with Gasteiger partial charge in [-0.3, -0.25) is 0 Å². The van der Waals surface area contributed by atoms with Gasteiger partial charge in [0.2, 0.25) is 0 Å². The first-order chi connectivity index (χ1) is 9.16. The Labute approximate surface area is 117 Å². The molecule has 0 bridgehead atoms. The van der Waals surface area contributed by atoms with Crippen LogP contribution in [0.15, 0.2) is 0 Å². The molecule has 1 saturated heterocycles. The number of likely N-dealkylation sites (tertiary alicyclic amines) is 1. The lowest BCUT2D eigenvalue weighted by molar-refractivity contribution is -0.0968. The van der Waals surface area contributed by atoms with Gasteiger partial charge in [-0.1, -0.05) is 19.8 Å². The third kappa shape index (κ3) is 3.50. The summed E-state index contributed by atoms with van der Waals surface area (Å²) in [6.07, 6.45) is 8.60. The first-order valence-corrected chi connectivity index (χ1v) is 8.34. The van der Waals surface area contributed by atoms with Gasteiger partial charge in [0.05, 0.1) is 5.60 Å². The molecule has 0 aromatic carbocycles. The molecule has 0 amide bonds. The lowest BCUT2D eigenvalue weighted by Gasteiger charge is -2.48. The monoisotopic (exact) mass is 266 g/mol. The molecule has 2 N–H and O–H groups in total. The molecule has 3 rings (SSSR count). The molecule has 3 nitrogen and oxygen atoms in total. The van der Waals surface area contributed by atoms with Crippen LogP contribution in [0.5, 0.6) is 0 Å². The lowest BCUT2D eigenvalue weighted by atomic mass is 9.71. The number of hydrogen-bond acceptors (Lipinski definition) is 3. The van der Waals surface area contributed by atoms with E-state index in [4.69, 9.17) is 0 Å². The Morgan fingerprint density at radius 3 is 2.89 bits per heavy atom. The van der Waals surface area contributed by atoms with Crippen LogP contribution in [0.4, 0.5) is 0 Å². The number of hydrogen-bond donors (Lipinski definition) is 2. The molecule has 1 aliphatic heterocycles. The van der Waals surface area contributed by atoms with E-state index >= 15 is 0 Å². The molecule has 3 aliphatic rings. The maximum absolute atomic E-state index is 10.7. The second-order valence-corrected chi connectivity index (χ2v) is 7.34. The van der Waals surface area contributed by atoms with Crippen molar-refractivity contribution in [2.45, 2.75) is 63.5 Å². The Bertz CT molecular complexity index is 305. The predicted molar refractivity (Wildman–Crippen MR) is 78.2 cm³/mol. The van der Waals surface area contributed by atoms with E-state index in [1.807, 2.05) is 0 Å². The number of nitrogens with one attached hydrogen (secondary N) is 1. The molecule has 1 heterocycles. The van der Waals surface area contributed by atoms with E-state index in [0.29, 0.717) is 5.92 Å².